The number of amides is 1. The number of benzene rings is 1. The van der Waals surface area contributed by atoms with Gasteiger partial charge in [0.05, 0.1) is 19.1 Å². The fourth-order valence-corrected chi connectivity index (χ4v) is 1.52. The highest BCUT2D eigenvalue weighted by Crippen LogP contribution is 2.10. The molecule has 0 radical (unpaired) electrons. The van der Waals surface area contributed by atoms with Crippen LogP contribution in [0.5, 0.6) is 0 Å². The number of carbonyl (C=O) groups is 1. The van der Waals surface area contributed by atoms with E-state index in [9.17, 15) is 13.6 Å². The molecule has 0 fully saturated rings. The van der Waals surface area contributed by atoms with Crippen molar-refractivity contribution in [1.82, 2.24) is 5.32 Å². The van der Waals surface area contributed by atoms with Gasteiger partial charge in [-0.05, 0) is 17.5 Å². The highest BCUT2D eigenvalue weighted by molar-refractivity contribution is 5.78. The van der Waals surface area contributed by atoms with E-state index in [1.54, 1.807) is 0 Å². The molecule has 2 N–H and O–H groups in total. The van der Waals surface area contributed by atoms with Crippen LogP contribution in [0.2, 0.25) is 0 Å². The number of aliphatic hydroxyl groups excluding tert-OH is 1. The maximum Gasteiger partial charge on any atom is 0.224 e. The second kappa shape index (κ2) is 6.44. The summed E-state index contributed by atoms with van der Waals surface area (Å²) in [6.45, 7) is 3.55. The minimum atomic E-state index is -0.741. The Kier molecular flexibility index (Phi) is 5.22. The molecule has 1 rings (SSSR count). The van der Waals surface area contributed by atoms with Crippen LogP contribution >= 0.6 is 0 Å². The largest absolute Gasteiger partial charge is 0.394 e. The van der Waals surface area contributed by atoms with E-state index in [4.69, 9.17) is 5.11 Å². The molecule has 100 valence electrons. The highest BCUT2D eigenvalue weighted by Gasteiger charge is 2.16. The van der Waals surface area contributed by atoms with Crippen molar-refractivity contribution in [1.29, 1.82) is 0 Å². The monoisotopic (exact) mass is 257 g/mol. The maximum atomic E-state index is 13.3. The van der Waals surface area contributed by atoms with Crippen LogP contribution in [0.25, 0.3) is 0 Å². The molecule has 1 atom stereocenters. The molecule has 0 aliphatic rings. The number of rotatable bonds is 5. The van der Waals surface area contributed by atoms with Crippen molar-refractivity contribution in [2.24, 2.45) is 5.92 Å². The number of nitrogens with one attached hydrogen (secondary N) is 1. The second-order valence-electron chi connectivity index (χ2n) is 4.51. The molecule has 1 aromatic rings. The van der Waals surface area contributed by atoms with E-state index in [2.05, 4.69) is 5.32 Å². The van der Waals surface area contributed by atoms with E-state index >= 15 is 0 Å². The summed E-state index contributed by atoms with van der Waals surface area (Å²) in [6.07, 6.45) is -0.171. The molecule has 0 saturated heterocycles. The lowest BCUT2D eigenvalue weighted by molar-refractivity contribution is -0.121. The molecule has 1 amide bonds. The first-order valence-corrected chi connectivity index (χ1v) is 5.78. The molecule has 0 aliphatic heterocycles. The van der Waals surface area contributed by atoms with Gasteiger partial charge in [0, 0.05) is 6.07 Å². The summed E-state index contributed by atoms with van der Waals surface area (Å²) >= 11 is 0. The Morgan fingerprint density at radius 3 is 2.56 bits per heavy atom. The quantitative estimate of drug-likeness (QED) is 0.842. The summed E-state index contributed by atoms with van der Waals surface area (Å²) in [6, 6.07) is 2.74. The molecule has 0 heterocycles. The van der Waals surface area contributed by atoms with Crippen molar-refractivity contribution in [3.8, 4) is 0 Å². The smallest absolute Gasteiger partial charge is 0.224 e. The summed E-state index contributed by atoms with van der Waals surface area (Å²) in [4.78, 5) is 11.6. The van der Waals surface area contributed by atoms with E-state index in [1.807, 2.05) is 13.8 Å². The standard InChI is InChI=1S/C13H17F2NO2/c1-8(2)12(7-17)16-13(18)5-9-3-4-10(14)6-11(9)15/h3-4,6,8,12,17H,5,7H2,1-2H3,(H,16,18)/t12-/m1/s1. The van der Waals surface area contributed by atoms with Crippen LogP contribution in [0.1, 0.15) is 19.4 Å². The number of aliphatic hydroxyl groups is 1. The Morgan fingerprint density at radius 1 is 1.39 bits per heavy atom. The minimum absolute atomic E-state index is 0.0806. The summed E-state index contributed by atoms with van der Waals surface area (Å²) in [5.41, 5.74) is 0.134. The number of hydrogen-bond donors (Lipinski definition) is 2. The zero-order valence-corrected chi connectivity index (χ0v) is 10.4. The first kappa shape index (κ1) is 14.6. The Bertz CT molecular complexity index is 421. The second-order valence-corrected chi connectivity index (χ2v) is 4.51. The van der Waals surface area contributed by atoms with Gasteiger partial charge in [-0.1, -0.05) is 19.9 Å². The van der Waals surface area contributed by atoms with Crippen LogP contribution in [-0.2, 0) is 11.2 Å². The lowest BCUT2D eigenvalue weighted by Crippen LogP contribution is -2.41. The lowest BCUT2D eigenvalue weighted by Gasteiger charge is -2.19. The SMILES string of the molecule is CC(C)[C@@H](CO)NC(=O)Cc1ccc(F)cc1F. The highest BCUT2D eigenvalue weighted by atomic mass is 19.1. The molecule has 0 saturated carbocycles. The summed E-state index contributed by atoms with van der Waals surface area (Å²) < 4.78 is 26.0. The zero-order valence-electron chi connectivity index (χ0n) is 10.4. The van der Waals surface area contributed by atoms with Crippen LogP contribution in [-0.4, -0.2) is 23.7 Å². The number of carbonyl (C=O) groups excluding carboxylic acids is 1. The van der Waals surface area contributed by atoms with Gasteiger partial charge in [0.15, 0.2) is 0 Å². The van der Waals surface area contributed by atoms with Gasteiger partial charge in [-0.3, -0.25) is 4.79 Å². The van der Waals surface area contributed by atoms with Gasteiger partial charge in [0.1, 0.15) is 11.6 Å². The molecular formula is C13H17F2NO2. The van der Waals surface area contributed by atoms with Crippen molar-refractivity contribution in [2.75, 3.05) is 6.61 Å². The van der Waals surface area contributed by atoms with Gasteiger partial charge < -0.3 is 10.4 Å². The Hall–Kier alpha value is -1.49. The number of halogens is 2. The third kappa shape index (κ3) is 4.07. The molecule has 0 aromatic heterocycles. The van der Waals surface area contributed by atoms with Gasteiger partial charge in [-0.2, -0.15) is 0 Å². The van der Waals surface area contributed by atoms with E-state index in [0.29, 0.717) is 0 Å². The molecule has 3 nitrogen and oxygen atoms in total. The van der Waals surface area contributed by atoms with E-state index in [0.717, 1.165) is 12.1 Å². The maximum absolute atomic E-state index is 13.3. The zero-order chi connectivity index (χ0) is 13.7. The number of hydrogen-bond acceptors (Lipinski definition) is 2. The molecule has 0 spiro atoms. The average molecular weight is 257 g/mol. The topological polar surface area (TPSA) is 49.3 Å². The predicted octanol–water partition coefficient (Wildman–Crippen LogP) is 1.64. The van der Waals surface area contributed by atoms with E-state index in [-0.39, 0.29) is 30.6 Å². The molecule has 18 heavy (non-hydrogen) atoms. The molecule has 0 unspecified atom stereocenters. The molecule has 0 aliphatic carbocycles. The van der Waals surface area contributed by atoms with Crippen molar-refractivity contribution in [3.05, 3.63) is 35.4 Å². The Balaban J connectivity index is 2.64. The van der Waals surface area contributed by atoms with Gasteiger partial charge in [-0.15, -0.1) is 0 Å². The van der Waals surface area contributed by atoms with Crippen LogP contribution in [0, 0.1) is 17.6 Å². The van der Waals surface area contributed by atoms with Gasteiger partial charge in [0.25, 0.3) is 0 Å². The third-order valence-corrected chi connectivity index (χ3v) is 2.71. The van der Waals surface area contributed by atoms with Crippen molar-refractivity contribution in [2.45, 2.75) is 26.3 Å². The molecule has 1 aromatic carbocycles. The van der Waals surface area contributed by atoms with Gasteiger partial charge in [-0.25, -0.2) is 8.78 Å². The fraction of sp³-hybridized carbons (Fsp3) is 0.462. The van der Waals surface area contributed by atoms with Gasteiger partial charge in [0.2, 0.25) is 5.91 Å². The van der Waals surface area contributed by atoms with Crippen LogP contribution < -0.4 is 5.32 Å². The van der Waals surface area contributed by atoms with Crippen molar-refractivity contribution < 1.29 is 18.7 Å². The minimum Gasteiger partial charge on any atom is -0.394 e. The molecule has 0 bridgehead atoms. The predicted molar refractivity (Wildman–Crippen MR) is 63.9 cm³/mol. The van der Waals surface area contributed by atoms with Crippen LogP contribution in [0.15, 0.2) is 18.2 Å². The lowest BCUT2D eigenvalue weighted by atomic mass is 10.0. The first-order chi connectivity index (χ1) is 8.43. The third-order valence-electron chi connectivity index (χ3n) is 2.71. The fourth-order valence-electron chi connectivity index (χ4n) is 1.52. The Morgan fingerprint density at radius 2 is 2.06 bits per heavy atom. The van der Waals surface area contributed by atoms with Crippen LogP contribution in [0.3, 0.4) is 0 Å². The summed E-state index contributed by atoms with van der Waals surface area (Å²) in [5.74, 6) is -1.73. The summed E-state index contributed by atoms with van der Waals surface area (Å²) in [7, 11) is 0. The van der Waals surface area contributed by atoms with E-state index in [1.165, 1.54) is 6.07 Å². The van der Waals surface area contributed by atoms with Gasteiger partial charge >= 0.3 is 0 Å². The summed E-state index contributed by atoms with van der Waals surface area (Å²) in [5, 5.41) is 11.7. The van der Waals surface area contributed by atoms with Crippen molar-refractivity contribution in [3.63, 3.8) is 0 Å². The first-order valence-electron chi connectivity index (χ1n) is 5.78. The Labute approximate surface area is 105 Å². The van der Waals surface area contributed by atoms with Crippen molar-refractivity contribution >= 4 is 5.91 Å². The van der Waals surface area contributed by atoms with E-state index < -0.39 is 17.5 Å². The average Bonchev–Trinajstić information content (AvgIpc) is 2.29. The van der Waals surface area contributed by atoms with Crippen LogP contribution in [0.4, 0.5) is 8.78 Å². The normalized spacial score (nSPS) is 12.6. The molecule has 5 heteroatoms. The molecular weight excluding hydrogens is 240 g/mol.